The van der Waals surface area contributed by atoms with Crippen molar-refractivity contribution in [2.75, 3.05) is 4.72 Å². The summed E-state index contributed by atoms with van der Waals surface area (Å²) in [5.74, 6) is 1.10. The molecule has 152 valence electrons. The normalized spacial score (nSPS) is 11.4. The molecule has 0 aliphatic carbocycles. The van der Waals surface area contributed by atoms with E-state index >= 15 is 0 Å². The van der Waals surface area contributed by atoms with Crippen molar-refractivity contribution in [1.29, 1.82) is 0 Å². The third kappa shape index (κ3) is 4.06. The number of rotatable bonds is 5. The number of anilines is 1. The lowest BCUT2D eigenvalue weighted by Crippen LogP contribution is -2.13. The first-order valence-electron chi connectivity index (χ1n) is 9.11. The number of ether oxygens (including phenoxy) is 1. The fourth-order valence-electron chi connectivity index (χ4n) is 3.04. The molecule has 4 rings (SSSR count). The van der Waals surface area contributed by atoms with Gasteiger partial charge in [0.25, 0.3) is 10.0 Å². The number of hydrogen-bond donors (Lipinski definition) is 2. The Kier molecular flexibility index (Phi) is 5.28. The van der Waals surface area contributed by atoms with Gasteiger partial charge in [0.1, 0.15) is 17.2 Å². The zero-order valence-electron chi connectivity index (χ0n) is 16.0. The molecule has 2 N–H and O–H groups in total. The van der Waals surface area contributed by atoms with Gasteiger partial charge in [-0.3, -0.25) is 4.72 Å². The van der Waals surface area contributed by atoms with Crippen LogP contribution in [0.5, 0.6) is 17.2 Å². The number of nitrogens with one attached hydrogen (secondary N) is 1. The summed E-state index contributed by atoms with van der Waals surface area (Å²) in [6, 6.07) is 22.0. The quantitative estimate of drug-likeness (QED) is 0.368. The van der Waals surface area contributed by atoms with Gasteiger partial charge in [0.05, 0.1) is 15.6 Å². The minimum absolute atomic E-state index is 0.0632. The zero-order chi connectivity index (χ0) is 21.3. The van der Waals surface area contributed by atoms with Crippen LogP contribution in [0.4, 0.5) is 5.69 Å². The van der Waals surface area contributed by atoms with Crippen molar-refractivity contribution in [2.24, 2.45) is 0 Å². The molecule has 0 bridgehead atoms. The molecular weight excluding hydrogens is 422 g/mol. The molecule has 0 unspecified atom stereocenters. The van der Waals surface area contributed by atoms with E-state index in [0.717, 1.165) is 5.56 Å². The van der Waals surface area contributed by atoms with E-state index in [9.17, 15) is 13.5 Å². The van der Waals surface area contributed by atoms with Gasteiger partial charge in [-0.05, 0) is 49.4 Å². The SMILES string of the molecule is Cc1ccc(Oc2ccc(S(=O)(=O)Nc3cc(Cl)c(O)c4ccccc34)cc2)cc1. The lowest BCUT2D eigenvalue weighted by atomic mass is 10.1. The molecule has 30 heavy (non-hydrogen) atoms. The average molecular weight is 440 g/mol. The topological polar surface area (TPSA) is 75.6 Å². The van der Waals surface area contributed by atoms with E-state index in [2.05, 4.69) is 4.72 Å². The Labute approximate surface area is 179 Å². The molecule has 4 aromatic rings. The van der Waals surface area contributed by atoms with E-state index in [0.29, 0.717) is 22.3 Å². The maximum absolute atomic E-state index is 12.9. The minimum atomic E-state index is -3.88. The van der Waals surface area contributed by atoms with Crippen molar-refractivity contribution in [1.82, 2.24) is 0 Å². The van der Waals surface area contributed by atoms with E-state index in [4.69, 9.17) is 16.3 Å². The number of aromatic hydroxyl groups is 1. The van der Waals surface area contributed by atoms with Gasteiger partial charge in [-0.1, -0.05) is 53.6 Å². The first-order chi connectivity index (χ1) is 14.3. The van der Waals surface area contributed by atoms with Gasteiger partial charge in [0.2, 0.25) is 0 Å². The first-order valence-corrected chi connectivity index (χ1v) is 11.0. The van der Waals surface area contributed by atoms with Crippen LogP contribution < -0.4 is 9.46 Å². The van der Waals surface area contributed by atoms with Crippen LogP contribution in [-0.2, 0) is 10.0 Å². The molecule has 4 aromatic carbocycles. The van der Waals surface area contributed by atoms with Gasteiger partial charge in [0, 0.05) is 10.8 Å². The molecule has 0 spiro atoms. The van der Waals surface area contributed by atoms with Crippen LogP contribution in [-0.4, -0.2) is 13.5 Å². The van der Waals surface area contributed by atoms with Crippen LogP contribution in [0.1, 0.15) is 5.56 Å². The van der Waals surface area contributed by atoms with E-state index in [1.165, 1.54) is 18.2 Å². The number of benzene rings is 4. The highest BCUT2D eigenvalue weighted by atomic mass is 35.5. The minimum Gasteiger partial charge on any atom is -0.506 e. The Morgan fingerprint density at radius 3 is 2.07 bits per heavy atom. The van der Waals surface area contributed by atoms with Gasteiger partial charge in [-0.15, -0.1) is 0 Å². The van der Waals surface area contributed by atoms with E-state index in [1.807, 2.05) is 31.2 Å². The lowest BCUT2D eigenvalue weighted by molar-refractivity contribution is 0.481. The third-order valence-corrected chi connectivity index (χ3v) is 6.27. The summed E-state index contributed by atoms with van der Waals surface area (Å²) < 4.78 is 34.1. The van der Waals surface area contributed by atoms with Crippen molar-refractivity contribution in [3.8, 4) is 17.2 Å². The predicted octanol–water partition coefficient (Wildman–Crippen LogP) is 6.10. The maximum atomic E-state index is 12.9. The molecular formula is C23H18ClNO4S. The second kappa shape index (κ2) is 7.89. The molecule has 0 aromatic heterocycles. The number of halogens is 1. The Hall–Kier alpha value is -3.22. The number of hydrogen-bond acceptors (Lipinski definition) is 4. The van der Waals surface area contributed by atoms with E-state index in [1.54, 1.807) is 36.4 Å². The summed E-state index contributed by atoms with van der Waals surface area (Å²) in [5.41, 5.74) is 1.41. The fraction of sp³-hybridized carbons (Fsp3) is 0.0435. The van der Waals surface area contributed by atoms with Crippen LogP contribution in [0.15, 0.2) is 83.8 Å². The molecule has 0 aliphatic heterocycles. The number of phenolic OH excluding ortho intramolecular Hbond substituents is 1. The highest BCUT2D eigenvalue weighted by Gasteiger charge is 2.18. The maximum Gasteiger partial charge on any atom is 0.261 e. The Morgan fingerprint density at radius 2 is 1.43 bits per heavy atom. The molecule has 0 radical (unpaired) electrons. The highest BCUT2D eigenvalue weighted by molar-refractivity contribution is 7.92. The summed E-state index contributed by atoms with van der Waals surface area (Å²) in [6.45, 7) is 1.99. The van der Waals surface area contributed by atoms with Gasteiger partial charge in [-0.25, -0.2) is 8.42 Å². The Morgan fingerprint density at radius 1 is 0.867 bits per heavy atom. The number of sulfonamides is 1. The molecule has 0 atom stereocenters. The molecule has 0 saturated carbocycles. The molecule has 5 nitrogen and oxygen atoms in total. The molecule has 7 heteroatoms. The predicted molar refractivity (Wildman–Crippen MR) is 119 cm³/mol. The second-order valence-corrected chi connectivity index (χ2v) is 8.88. The van der Waals surface area contributed by atoms with Crippen LogP contribution in [0.2, 0.25) is 5.02 Å². The van der Waals surface area contributed by atoms with Crippen molar-refractivity contribution < 1.29 is 18.3 Å². The van der Waals surface area contributed by atoms with E-state index < -0.39 is 10.0 Å². The second-order valence-electron chi connectivity index (χ2n) is 6.79. The number of fused-ring (bicyclic) bond motifs is 1. The van der Waals surface area contributed by atoms with Gasteiger partial charge < -0.3 is 9.84 Å². The summed E-state index contributed by atoms with van der Waals surface area (Å²) in [7, 11) is -3.88. The molecule has 0 fully saturated rings. The summed E-state index contributed by atoms with van der Waals surface area (Å²) in [4.78, 5) is 0.0760. The highest BCUT2D eigenvalue weighted by Crippen LogP contribution is 2.38. The molecule has 0 amide bonds. The number of phenols is 1. The summed E-state index contributed by atoms with van der Waals surface area (Å²) >= 11 is 6.07. The molecule has 0 saturated heterocycles. The summed E-state index contributed by atoms with van der Waals surface area (Å²) in [6.07, 6.45) is 0. The first kappa shape index (κ1) is 20.1. The third-order valence-electron chi connectivity index (χ3n) is 4.60. The van der Waals surface area contributed by atoms with Crippen LogP contribution in [0.25, 0.3) is 10.8 Å². The van der Waals surface area contributed by atoms with Gasteiger partial charge >= 0.3 is 0 Å². The van der Waals surface area contributed by atoms with E-state index in [-0.39, 0.29) is 21.4 Å². The largest absolute Gasteiger partial charge is 0.506 e. The van der Waals surface area contributed by atoms with Crippen molar-refractivity contribution in [3.63, 3.8) is 0 Å². The monoisotopic (exact) mass is 439 g/mol. The Bertz CT molecular complexity index is 1320. The smallest absolute Gasteiger partial charge is 0.261 e. The zero-order valence-corrected chi connectivity index (χ0v) is 17.5. The average Bonchev–Trinajstić information content (AvgIpc) is 2.74. The molecule has 0 heterocycles. The summed E-state index contributed by atoms with van der Waals surface area (Å²) in [5, 5.41) is 11.2. The van der Waals surface area contributed by atoms with Crippen LogP contribution in [0.3, 0.4) is 0 Å². The van der Waals surface area contributed by atoms with Crippen molar-refractivity contribution >= 4 is 38.1 Å². The standard InChI is InChI=1S/C23H18ClNO4S/c1-15-6-8-16(9-7-15)29-17-10-12-18(13-11-17)30(27,28)25-22-14-21(24)23(26)20-5-3-2-4-19(20)22/h2-14,25-26H,1H3. The van der Waals surface area contributed by atoms with Crippen LogP contribution >= 0.6 is 11.6 Å². The fourth-order valence-corrected chi connectivity index (χ4v) is 4.32. The van der Waals surface area contributed by atoms with Gasteiger partial charge in [0.15, 0.2) is 0 Å². The number of aryl methyl sites for hydroxylation is 1. The Balaban J connectivity index is 1.61. The lowest BCUT2D eigenvalue weighted by Gasteiger charge is -2.13. The molecule has 0 aliphatic rings. The van der Waals surface area contributed by atoms with Crippen molar-refractivity contribution in [2.45, 2.75) is 11.8 Å². The van der Waals surface area contributed by atoms with Gasteiger partial charge in [-0.2, -0.15) is 0 Å². The van der Waals surface area contributed by atoms with Crippen LogP contribution in [0, 0.1) is 6.92 Å². The van der Waals surface area contributed by atoms with Crippen molar-refractivity contribution in [3.05, 3.63) is 89.4 Å².